The van der Waals surface area contributed by atoms with E-state index in [4.69, 9.17) is 9.40 Å². The molecule has 0 saturated heterocycles. The Hall–Kier alpha value is -5.93. The van der Waals surface area contributed by atoms with E-state index in [-0.39, 0.29) is 0 Å². The molecule has 0 aliphatic rings. The van der Waals surface area contributed by atoms with E-state index in [1.54, 1.807) is 0 Å². The molecule has 206 valence electrons. The average Bonchev–Trinajstić information content (AvgIpc) is 3.49. The quantitative estimate of drug-likeness (QED) is 0.200. The molecule has 7 aromatic carbocycles. The van der Waals surface area contributed by atoms with Gasteiger partial charge in [0.1, 0.15) is 5.58 Å². The number of benzene rings is 7. The monoisotopic (exact) mass is 562 g/mol. The van der Waals surface area contributed by atoms with Crippen molar-refractivity contribution >= 4 is 71.4 Å². The molecule has 0 atom stereocenters. The van der Waals surface area contributed by atoms with Crippen molar-refractivity contribution in [2.24, 2.45) is 0 Å². The number of hydrogen-bond acceptors (Lipinski definition) is 3. The van der Waals surface area contributed by atoms with Crippen molar-refractivity contribution in [3.05, 3.63) is 158 Å². The van der Waals surface area contributed by atoms with Crippen LogP contribution in [0.4, 0.5) is 17.1 Å². The Labute approximate surface area is 254 Å². The summed E-state index contributed by atoms with van der Waals surface area (Å²) in [7, 11) is 0. The van der Waals surface area contributed by atoms with Crippen molar-refractivity contribution in [3.8, 4) is 11.3 Å². The third kappa shape index (κ3) is 3.80. The summed E-state index contributed by atoms with van der Waals surface area (Å²) in [6, 6.07) is 55.3. The minimum Gasteiger partial charge on any atom is -0.454 e. The molecular weight excluding hydrogens is 536 g/mol. The van der Waals surface area contributed by atoms with E-state index in [2.05, 4.69) is 157 Å². The molecular formula is C41H26N2O. The molecule has 0 fully saturated rings. The Kier molecular flexibility index (Phi) is 5.50. The fourth-order valence-corrected chi connectivity index (χ4v) is 6.62. The number of fused-ring (bicyclic) bond motifs is 8. The van der Waals surface area contributed by atoms with E-state index in [1.165, 1.54) is 10.8 Å². The lowest BCUT2D eigenvalue weighted by atomic mass is 9.95. The number of hydrogen-bond donors (Lipinski definition) is 0. The van der Waals surface area contributed by atoms with E-state index >= 15 is 0 Å². The smallest absolute Gasteiger partial charge is 0.160 e. The summed E-state index contributed by atoms with van der Waals surface area (Å²) in [6.07, 6.45) is 0. The summed E-state index contributed by atoms with van der Waals surface area (Å²) < 4.78 is 6.84. The number of pyridine rings is 1. The highest BCUT2D eigenvalue weighted by atomic mass is 16.3. The number of nitrogens with zero attached hydrogens (tertiary/aromatic N) is 2. The van der Waals surface area contributed by atoms with E-state index in [1.807, 2.05) is 6.07 Å². The van der Waals surface area contributed by atoms with Gasteiger partial charge in [-0.05, 0) is 53.2 Å². The summed E-state index contributed by atoms with van der Waals surface area (Å²) in [4.78, 5) is 7.60. The minimum atomic E-state index is 0.853. The first-order chi connectivity index (χ1) is 21.8. The second kappa shape index (κ2) is 9.82. The molecule has 44 heavy (non-hydrogen) atoms. The van der Waals surface area contributed by atoms with Crippen LogP contribution in [0.3, 0.4) is 0 Å². The minimum absolute atomic E-state index is 0.853. The Balaban J connectivity index is 1.49. The van der Waals surface area contributed by atoms with Gasteiger partial charge in [-0.25, -0.2) is 4.98 Å². The van der Waals surface area contributed by atoms with Crippen molar-refractivity contribution in [3.63, 3.8) is 0 Å². The third-order valence-electron chi connectivity index (χ3n) is 8.58. The SMILES string of the molecule is c1ccc(-c2nc3ccccc3c3c2cc(N(c2ccccc2)c2ccc4ccccc4c2)c2oc4ccccc4c23)cc1. The van der Waals surface area contributed by atoms with Crippen LogP contribution in [0.25, 0.3) is 65.6 Å². The lowest BCUT2D eigenvalue weighted by molar-refractivity contribution is 0.669. The maximum Gasteiger partial charge on any atom is 0.160 e. The predicted octanol–water partition coefficient (Wildman–Crippen LogP) is 11.6. The number of furan rings is 1. The van der Waals surface area contributed by atoms with Gasteiger partial charge in [-0.1, -0.05) is 115 Å². The van der Waals surface area contributed by atoms with Crippen molar-refractivity contribution in [2.75, 3.05) is 4.90 Å². The van der Waals surface area contributed by atoms with Crippen LogP contribution in [0.15, 0.2) is 162 Å². The first-order valence-corrected chi connectivity index (χ1v) is 14.9. The topological polar surface area (TPSA) is 29.3 Å². The Bertz CT molecular complexity index is 2500. The molecule has 2 aromatic heterocycles. The molecule has 0 radical (unpaired) electrons. The van der Waals surface area contributed by atoms with Gasteiger partial charge in [-0.15, -0.1) is 0 Å². The molecule has 2 heterocycles. The molecule has 0 unspecified atom stereocenters. The van der Waals surface area contributed by atoms with E-state index in [9.17, 15) is 0 Å². The van der Waals surface area contributed by atoms with Crippen LogP contribution in [0, 0.1) is 0 Å². The standard InChI is InChI=1S/C41H26N2O/c1-3-14-28(15-4-1)40-34-26-36(43(30-17-5-2-6-18-30)31-24-23-27-13-7-8-16-29(27)25-31)41-39(33-20-10-12-22-37(33)44-41)38(34)32-19-9-11-21-35(32)42-40/h1-26H. The predicted molar refractivity (Wildman–Crippen MR) is 184 cm³/mol. The molecule has 0 bridgehead atoms. The summed E-state index contributed by atoms with van der Waals surface area (Å²) in [5.74, 6) is 0. The Morgan fingerprint density at radius 3 is 2.00 bits per heavy atom. The molecule has 0 N–H and O–H groups in total. The largest absolute Gasteiger partial charge is 0.454 e. The maximum absolute atomic E-state index is 6.84. The summed E-state index contributed by atoms with van der Waals surface area (Å²) in [6.45, 7) is 0. The zero-order chi connectivity index (χ0) is 29.0. The van der Waals surface area contributed by atoms with Gasteiger partial charge >= 0.3 is 0 Å². The van der Waals surface area contributed by atoms with Crippen molar-refractivity contribution in [2.45, 2.75) is 0 Å². The second-order valence-electron chi connectivity index (χ2n) is 11.2. The fourth-order valence-electron chi connectivity index (χ4n) is 6.62. The van der Waals surface area contributed by atoms with Crippen LogP contribution in [-0.2, 0) is 0 Å². The molecule has 9 rings (SSSR count). The lowest BCUT2D eigenvalue weighted by Crippen LogP contribution is -2.10. The van der Waals surface area contributed by atoms with Crippen LogP contribution in [0.5, 0.6) is 0 Å². The Morgan fingerprint density at radius 1 is 0.477 bits per heavy atom. The van der Waals surface area contributed by atoms with Crippen LogP contribution in [0.1, 0.15) is 0 Å². The number of para-hydroxylation sites is 3. The highest BCUT2D eigenvalue weighted by Crippen LogP contribution is 2.48. The van der Waals surface area contributed by atoms with Gasteiger partial charge in [0.25, 0.3) is 0 Å². The van der Waals surface area contributed by atoms with Crippen molar-refractivity contribution in [1.29, 1.82) is 0 Å². The van der Waals surface area contributed by atoms with E-state index < -0.39 is 0 Å². The number of anilines is 3. The first kappa shape index (κ1) is 24.6. The molecule has 3 nitrogen and oxygen atoms in total. The molecule has 9 aromatic rings. The van der Waals surface area contributed by atoms with E-state index in [0.29, 0.717) is 0 Å². The zero-order valence-corrected chi connectivity index (χ0v) is 23.8. The van der Waals surface area contributed by atoms with Gasteiger partial charge < -0.3 is 9.32 Å². The van der Waals surface area contributed by atoms with Crippen LogP contribution in [-0.4, -0.2) is 4.98 Å². The highest BCUT2D eigenvalue weighted by molar-refractivity contribution is 6.30. The maximum atomic E-state index is 6.84. The molecule has 0 aliphatic heterocycles. The zero-order valence-electron chi connectivity index (χ0n) is 23.8. The fraction of sp³-hybridized carbons (Fsp3) is 0. The van der Waals surface area contributed by atoms with Crippen LogP contribution < -0.4 is 4.90 Å². The van der Waals surface area contributed by atoms with Gasteiger partial charge in [0.05, 0.1) is 16.9 Å². The average molecular weight is 563 g/mol. The summed E-state index contributed by atoms with van der Waals surface area (Å²) >= 11 is 0. The third-order valence-corrected chi connectivity index (χ3v) is 8.58. The lowest BCUT2D eigenvalue weighted by Gasteiger charge is -2.27. The normalized spacial score (nSPS) is 11.6. The molecule has 0 amide bonds. The van der Waals surface area contributed by atoms with Crippen molar-refractivity contribution < 1.29 is 4.42 Å². The van der Waals surface area contributed by atoms with Gasteiger partial charge in [0, 0.05) is 43.9 Å². The number of rotatable bonds is 4. The van der Waals surface area contributed by atoms with E-state index in [0.717, 1.165) is 71.9 Å². The van der Waals surface area contributed by atoms with Gasteiger partial charge in [0.15, 0.2) is 5.58 Å². The van der Waals surface area contributed by atoms with Crippen molar-refractivity contribution in [1.82, 2.24) is 4.98 Å². The molecule has 0 saturated carbocycles. The Morgan fingerprint density at radius 2 is 1.16 bits per heavy atom. The van der Waals surface area contributed by atoms with Crippen LogP contribution in [0.2, 0.25) is 0 Å². The van der Waals surface area contributed by atoms with Gasteiger partial charge in [-0.2, -0.15) is 0 Å². The summed E-state index contributed by atoms with van der Waals surface area (Å²) in [5, 5.41) is 7.95. The molecule has 0 aliphatic carbocycles. The number of aromatic nitrogens is 1. The summed E-state index contributed by atoms with van der Waals surface area (Å²) in [5.41, 5.74) is 7.81. The highest BCUT2D eigenvalue weighted by Gasteiger charge is 2.24. The van der Waals surface area contributed by atoms with Gasteiger partial charge in [-0.3, -0.25) is 0 Å². The molecule has 3 heteroatoms. The first-order valence-electron chi connectivity index (χ1n) is 14.9. The van der Waals surface area contributed by atoms with Gasteiger partial charge in [0.2, 0.25) is 0 Å². The second-order valence-corrected chi connectivity index (χ2v) is 11.2. The molecule has 0 spiro atoms. The van der Waals surface area contributed by atoms with Crippen LogP contribution >= 0.6 is 0 Å².